The van der Waals surface area contributed by atoms with Crippen LogP contribution in [0.4, 0.5) is 20.2 Å². The predicted molar refractivity (Wildman–Crippen MR) is 97.6 cm³/mol. The third-order valence-corrected chi connectivity index (χ3v) is 4.46. The maximum absolute atomic E-state index is 12.2. The number of rotatable bonds is 6. The SMILES string of the molecule is O=C(C[NH+]1CCN(c2ccc(O)cc2)CC1)Nc1ccc(OC(F)F)cc1. The Hall–Kier alpha value is -2.87. The number of amides is 1. The molecule has 8 heteroatoms. The lowest BCUT2D eigenvalue weighted by atomic mass is 10.2. The molecule has 1 aliphatic heterocycles. The van der Waals surface area contributed by atoms with E-state index in [-0.39, 0.29) is 17.4 Å². The maximum Gasteiger partial charge on any atom is 0.387 e. The van der Waals surface area contributed by atoms with Crippen molar-refractivity contribution >= 4 is 17.3 Å². The van der Waals surface area contributed by atoms with Gasteiger partial charge < -0.3 is 25.0 Å². The molecule has 1 saturated heterocycles. The van der Waals surface area contributed by atoms with Gasteiger partial charge in [-0.05, 0) is 48.5 Å². The van der Waals surface area contributed by atoms with Crippen LogP contribution < -0.4 is 19.9 Å². The number of nitrogens with one attached hydrogen (secondary N) is 2. The zero-order valence-electron chi connectivity index (χ0n) is 14.7. The molecule has 0 aliphatic carbocycles. The van der Waals surface area contributed by atoms with E-state index in [9.17, 15) is 18.7 Å². The van der Waals surface area contributed by atoms with Crippen molar-refractivity contribution in [1.82, 2.24) is 0 Å². The summed E-state index contributed by atoms with van der Waals surface area (Å²) < 4.78 is 28.6. The van der Waals surface area contributed by atoms with Crippen molar-refractivity contribution in [3.63, 3.8) is 0 Å². The lowest BCUT2D eigenvalue weighted by Gasteiger charge is -2.33. The van der Waals surface area contributed by atoms with Crippen LogP contribution >= 0.6 is 0 Å². The largest absolute Gasteiger partial charge is 0.508 e. The van der Waals surface area contributed by atoms with Crippen LogP contribution in [0.15, 0.2) is 48.5 Å². The number of anilines is 2. The van der Waals surface area contributed by atoms with Gasteiger partial charge in [0, 0.05) is 11.4 Å². The van der Waals surface area contributed by atoms with Crippen LogP contribution in [-0.4, -0.2) is 50.3 Å². The molecule has 6 nitrogen and oxygen atoms in total. The number of piperazine rings is 1. The fourth-order valence-corrected chi connectivity index (χ4v) is 3.07. The molecular formula is C19H22F2N3O3+. The van der Waals surface area contributed by atoms with Crippen molar-refractivity contribution < 1.29 is 28.3 Å². The smallest absolute Gasteiger partial charge is 0.387 e. The molecule has 1 fully saturated rings. The molecule has 0 bridgehead atoms. The highest BCUT2D eigenvalue weighted by atomic mass is 19.3. The molecular weight excluding hydrogens is 356 g/mol. The Labute approximate surface area is 156 Å². The molecule has 0 spiro atoms. The number of hydrogen-bond donors (Lipinski definition) is 3. The third-order valence-electron chi connectivity index (χ3n) is 4.46. The number of benzene rings is 2. The van der Waals surface area contributed by atoms with Gasteiger partial charge in [0.1, 0.15) is 11.5 Å². The predicted octanol–water partition coefficient (Wildman–Crippen LogP) is 1.34. The van der Waals surface area contributed by atoms with Crippen molar-refractivity contribution in [3.05, 3.63) is 48.5 Å². The molecule has 144 valence electrons. The molecule has 3 rings (SSSR count). The second kappa shape index (κ2) is 8.68. The van der Waals surface area contributed by atoms with E-state index in [2.05, 4.69) is 15.0 Å². The summed E-state index contributed by atoms with van der Waals surface area (Å²) in [5, 5.41) is 12.1. The zero-order valence-corrected chi connectivity index (χ0v) is 14.7. The molecule has 27 heavy (non-hydrogen) atoms. The summed E-state index contributed by atoms with van der Waals surface area (Å²) in [4.78, 5) is 15.6. The van der Waals surface area contributed by atoms with Gasteiger partial charge in [-0.2, -0.15) is 8.78 Å². The van der Waals surface area contributed by atoms with E-state index in [1.54, 1.807) is 12.1 Å². The molecule has 1 aliphatic rings. The second-order valence-corrected chi connectivity index (χ2v) is 6.38. The number of halogens is 2. The van der Waals surface area contributed by atoms with E-state index in [0.717, 1.165) is 31.9 Å². The van der Waals surface area contributed by atoms with Crippen LogP contribution in [0.2, 0.25) is 0 Å². The standard InChI is InChI=1S/C19H21F2N3O3/c20-19(21)27-17-7-1-14(2-8-17)22-18(26)13-23-9-11-24(12-10-23)15-3-5-16(25)6-4-15/h1-8,19,25H,9-13H2,(H,22,26)/p+1. The first-order chi connectivity index (χ1) is 13.0. The summed E-state index contributed by atoms with van der Waals surface area (Å²) in [6, 6.07) is 13.0. The molecule has 0 atom stereocenters. The van der Waals surface area contributed by atoms with E-state index < -0.39 is 6.61 Å². The molecule has 2 aromatic rings. The Morgan fingerprint density at radius 2 is 1.74 bits per heavy atom. The Morgan fingerprint density at radius 3 is 2.33 bits per heavy atom. The minimum absolute atomic E-state index is 0.0546. The number of phenols is 1. The van der Waals surface area contributed by atoms with Gasteiger partial charge in [0.15, 0.2) is 6.54 Å². The van der Waals surface area contributed by atoms with Gasteiger partial charge in [-0.3, -0.25) is 4.79 Å². The number of quaternary nitrogens is 1. The number of ether oxygens (including phenoxy) is 1. The molecule has 1 amide bonds. The van der Waals surface area contributed by atoms with Crippen LogP contribution in [0, 0.1) is 0 Å². The number of carbonyl (C=O) groups excluding carboxylic acids is 1. The van der Waals surface area contributed by atoms with Gasteiger partial charge in [-0.25, -0.2) is 0 Å². The molecule has 0 unspecified atom stereocenters. The number of alkyl halides is 2. The van der Waals surface area contributed by atoms with E-state index in [1.807, 2.05) is 12.1 Å². The minimum Gasteiger partial charge on any atom is -0.508 e. The number of carbonyl (C=O) groups is 1. The lowest BCUT2D eigenvalue weighted by Crippen LogP contribution is -3.15. The number of aromatic hydroxyl groups is 1. The number of hydrogen-bond acceptors (Lipinski definition) is 4. The minimum atomic E-state index is -2.87. The summed E-state index contributed by atoms with van der Waals surface area (Å²) in [7, 11) is 0. The van der Waals surface area contributed by atoms with Crippen LogP contribution in [0.1, 0.15) is 0 Å². The fraction of sp³-hybridized carbons (Fsp3) is 0.316. The van der Waals surface area contributed by atoms with Crippen LogP contribution in [0.25, 0.3) is 0 Å². The van der Waals surface area contributed by atoms with Crippen molar-refractivity contribution in [1.29, 1.82) is 0 Å². The summed E-state index contributed by atoms with van der Waals surface area (Å²) in [5.74, 6) is 0.179. The fourth-order valence-electron chi connectivity index (χ4n) is 3.07. The highest BCUT2D eigenvalue weighted by Gasteiger charge is 2.22. The summed E-state index contributed by atoms with van der Waals surface area (Å²) in [6.45, 7) is 0.790. The molecule has 2 aromatic carbocycles. The Bertz CT molecular complexity index is 746. The lowest BCUT2D eigenvalue weighted by molar-refractivity contribution is -0.892. The van der Waals surface area contributed by atoms with E-state index in [1.165, 1.54) is 29.2 Å². The summed E-state index contributed by atoms with van der Waals surface area (Å²) in [5.41, 5.74) is 1.60. The third kappa shape index (κ3) is 5.55. The zero-order chi connectivity index (χ0) is 19.2. The average molecular weight is 378 g/mol. The molecule has 0 radical (unpaired) electrons. The van der Waals surface area contributed by atoms with Gasteiger partial charge >= 0.3 is 6.61 Å². The highest BCUT2D eigenvalue weighted by molar-refractivity contribution is 5.91. The first-order valence-electron chi connectivity index (χ1n) is 8.72. The first-order valence-corrected chi connectivity index (χ1v) is 8.72. The second-order valence-electron chi connectivity index (χ2n) is 6.38. The van der Waals surface area contributed by atoms with Gasteiger partial charge in [0.25, 0.3) is 5.91 Å². The van der Waals surface area contributed by atoms with Crippen molar-refractivity contribution in [2.75, 3.05) is 42.9 Å². The van der Waals surface area contributed by atoms with Gasteiger partial charge in [-0.15, -0.1) is 0 Å². The van der Waals surface area contributed by atoms with E-state index in [4.69, 9.17) is 0 Å². The van der Waals surface area contributed by atoms with E-state index >= 15 is 0 Å². The van der Waals surface area contributed by atoms with Crippen molar-refractivity contribution in [3.8, 4) is 11.5 Å². The van der Waals surface area contributed by atoms with Crippen molar-refractivity contribution in [2.45, 2.75) is 6.61 Å². The Morgan fingerprint density at radius 1 is 1.11 bits per heavy atom. The molecule has 0 saturated carbocycles. The van der Waals surface area contributed by atoms with Crippen LogP contribution in [0.3, 0.4) is 0 Å². The average Bonchev–Trinajstić information content (AvgIpc) is 2.64. The summed E-state index contributed by atoms with van der Waals surface area (Å²) in [6.07, 6.45) is 0. The van der Waals surface area contributed by atoms with Gasteiger partial charge in [0.05, 0.1) is 26.2 Å². The Balaban J connectivity index is 1.44. The monoisotopic (exact) mass is 378 g/mol. The number of nitrogens with zero attached hydrogens (tertiary/aromatic N) is 1. The van der Waals surface area contributed by atoms with Crippen LogP contribution in [0.5, 0.6) is 11.5 Å². The van der Waals surface area contributed by atoms with E-state index in [0.29, 0.717) is 12.2 Å². The molecule has 1 heterocycles. The molecule has 3 N–H and O–H groups in total. The van der Waals surface area contributed by atoms with Gasteiger partial charge in [-0.1, -0.05) is 0 Å². The van der Waals surface area contributed by atoms with Crippen LogP contribution in [-0.2, 0) is 4.79 Å². The Kier molecular flexibility index (Phi) is 6.08. The van der Waals surface area contributed by atoms with Gasteiger partial charge in [0.2, 0.25) is 0 Å². The maximum atomic E-state index is 12.2. The quantitative estimate of drug-likeness (QED) is 0.710. The number of phenolic OH excluding ortho intramolecular Hbond substituents is 1. The normalized spacial score (nSPS) is 15.0. The van der Waals surface area contributed by atoms with Crippen molar-refractivity contribution in [2.24, 2.45) is 0 Å². The topological polar surface area (TPSA) is 66.2 Å². The summed E-state index contributed by atoms with van der Waals surface area (Å²) >= 11 is 0. The molecule has 0 aromatic heterocycles. The highest BCUT2D eigenvalue weighted by Crippen LogP contribution is 2.18. The first kappa shape index (κ1) is 18.9.